The van der Waals surface area contributed by atoms with Crippen LogP contribution in [0.15, 0.2) is 72.8 Å². The van der Waals surface area contributed by atoms with Crippen LogP contribution in [0.3, 0.4) is 0 Å². The number of nitriles is 2. The van der Waals surface area contributed by atoms with E-state index in [4.69, 9.17) is 47.4 Å². The number of ether oxygens (including phenoxy) is 10. The van der Waals surface area contributed by atoms with Gasteiger partial charge in [-0.3, -0.25) is 19.4 Å². The second-order valence-electron chi connectivity index (χ2n) is 20.5. The Bertz CT molecular complexity index is 2870. The van der Waals surface area contributed by atoms with Gasteiger partial charge in [0, 0.05) is 50.1 Å². The lowest BCUT2D eigenvalue weighted by Gasteiger charge is -2.30. The molecule has 0 saturated heterocycles. The first-order valence-corrected chi connectivity index (χ1v) is 29.1. The zero-order valence-electron chi connectivity index (χ0n) is 53.6. The number of esters is 2. The van der Waals surface area contributed by atoms with Gasteiger partial charge in [-0.1, -0.05) is 51.0 Å². The summed E-state index contributed by atoms with van der Waals surface area (Å²) in [6, 6.07) is 25.0. The highest BCUT2D eigenvalue weighted by Gasteiger charge is 2.35. The van der Waals surface area contributed by atoms with Crippen molar-refractivity contribution in [1.29, 1.82) is 10.5 Å². The molecule has 0 heterocycles. The molecule has 2 amide bonds. The second kappa shape index (κ2) is 41.6. The first-order valence-electron chi connectivity index (χ1n) is 29.1. The molecule has 4 aromatic carbocycles. The number of nitrogens with one attached hydrogen (secondary N) is 2. The summed E-state index contributed by atoms with van der Waals surface area (Å²) in [6.07, 6.45) is 1.73. The van der Waals surface area contributed by atoms with Crippen LogP contribution in [0.1, 0.15) is 99.6 Å². The van der Waals surface area contributed by atoms with Gasteiger partial charge in [-0.25, -0.2) is 9.59 Å². The van der Waals surface area contributed by atoms with Gasteiger partial charge in [-0.05, 0) is 136 Å². The van der Waals surface area contributed by atoms with E-state index in [1.807, 2.05) is 64.3 Å². The van der Waals surface area contributed by atoms with Gasteiger partial charge >= 0.3 is 36.3 Å². The number of carbonyl (C=O) groups excluding carboxylic acids is 4. The van der Waals surface area contributed by atoms with Crippen molar-refractivity contribution in [3.8, 4) is 58.1 Å². The Balaban J connectivity index is 0.0000144. The summed E-state index contributed by atoms with van der Waals surface area (Å²) in [5, 5.41) is 44.1. The van der Waals surface area contributed by atoms with Crippen LogP contribution in [0.25, 0.3) is 0 Å². The third-order valence-electron chi connectivity index (χ3n) is 14.5. The highest BCUT2D eigenvalue weighted by atomic mass is 17.0. The number of benzene rings is 4. The highest BCUT2D eigenvalue weighted by molar-refractivity contribution is 6.30. The van der Waals surface area contributed by atoms with Crippen LogP contribution >= 0.6 is 0 Å². The van der Waals surface area contributed by atoms with Crippen LogP contribution < -0.4 is 48.5 Å². The van der Waals surface area contributed by atoms with E-state index in [9.17, 15) is 49.9 Å². The van der Waals surface area contributed by atoms with Crippen LogP contribution in [0.4, 0.5) is 0 Å². The van der Waals surface area contributed by atoms with E-state index in [1.165, 1.54) is 26.4 Å². The quantitative estimate of drug-likeness (QED) is 0.0132. The first kappa shape index (κ1) is 78.5. The predicted octanol–water partition coefficient (Wildman–Crippen LogP) is 5.81. The van der Waals surface area contributed by atoms with Gasteiger partial charge in [-0.15, -0.1) is 20.2 Å². The van der Waals surface area contributed by atoms with Crippen LogP contribution in [0, 0.1) is 54.7 Å². The molecule has 0 bridgehead atoms. The molecule has 4 rings (SSSR count). The summed E-state index contributed by atoms with van der Waals surface area (Å²) in [5.41, 5.74) is 3.38. The van der Waals surface area contributed by atoms with Crippen molar-refractivity contribution in [3.63, 3.8) is 0 Å². The van der Waals surface area contributed by atoms with Crippen molar-refractivity contribution in [2.45, 2.75) is 103 Å². The molecule has 0 aliphatic heterocycles. The van der Waals surface area contributed by atoms with Crippen molar-refractivity contribution in [2.75, 3.05) is 96.1 Å². The number of amides is 2. The molecular formula is C62H86N8O22. The standard InChI is InChI=1S/C62H82N8O20.2H2O/c1-11-13-43(39-63)15-21-47(67(3)31-27-41-17-23-49(79-5)53(35-41)81-7)45-19-25-51(55(37-45)83-9)87-61(57(71)65-29-33-85-69(75)76)89-59(73)60(74)90-62(58(72)66-30-34-86-70(77)78)88-52-26-20-46(38-56(52)84-10)48(22-16-44(40-64)14-12-2)68(4)32-28-42-18-24-50(80-6)54(36-42)82-8;;/h17-20,23-26,35-38,43-44,47-48,61-62H,11-16,21-22,27-34H2,1-10H3,(H,65,71)(H,66,72);2*1H2. The fraction of sp³-hybridized carbons (Fsp3) is 0.516. The molecule has 30 heteroatoms. The fourth-order valence-corrected chi connectivity index (χ4v) is 9.76. The molecule has 0 aliphatic rings. The Hall–Kier alpha value is -9.62. The molecular weight excluding hydrogens is 1210 g/mol. The summed E-state index contributed by atoms with van der Waals surface area (Å²) in [4.78, 5) is 89.8. The minimum Gasteiger partial charge on any atom is -0.493 e. The van der Waals surface area contributed by atoms with Crippen LogP contribution in [-0.4, -0.2) is 163 Å². The molecule has 30 nitrogen and oxygen atoms in total. The molecule has 506 valence electrons. The van der Waals surface area contributed by atoms with E-state index in [0.717, 1.165) is 24.0 Å². The number of hydrogen-bond donors (Lipinski definition) is 2. The SMILES string of the molecule is CCCC(C#N)CCC(c1ccc(OC(OC(=O)C(=O)OC(Oc2ccc(C(CCC(C#N)CCC)N(C)CCc3ccc(OC)c(OC)c3)cc2OC)C(=O)NCCO[N+](=O)[O-])C(=O)NCCO[N+](=O)[O-])c(OC)c1)N(C)CCc1ccc(OC)c(OC)c1.O.O. The van der Waals surface area contributed by atoms with Gasteiger partial charge in [0.25, 0.3) is 10.2 Å². The Morgan fingerprint density at radius 2 is 0.837 bits per heavy atom. The maximum Gasteiger partial charge on any atom is 0.421 e. The molecule has 0 spiro atoms. The molecule has 0 saturated carbocycles. The average molecular weight is 1300 g/mol. The van der Waals surface area contributed by atoms with Gasteiger partial charge in [0.15, 0.2) is 46.0 Å². The molecule has 0 fully saturated rings. The fourth-order valence-electron chi connectivity index (χ4n) is 9.76. The van der Waals surface area contributed by atoms with E-state index in [-0.39, 0.29) is 57.9 Å². The predicted molar refractivity (Wildman–Crippen MR) is 330 cm³/mol. The van der Waals surface area contributed by atoms with Crippen LogP contribution in [-0.2, 0) is 51.2 Å². The molecule has 4 aromatic rings. The van der Waals surface area contributed by atoms with Crippen molar-refractivity contribution in [3.05, 3.63) is 115 Å². The van der Waals surface area contributed by atoms with E-state index >= 15 is 0 Å². The number of carbonyl (C=O) groups is 4. The molecule has 92 heavy (non-hydrogen) atoms. The maximum atomic E-state index is 13.8. The maximum absolute atomic E-state index is 13.8. The van der Waals surface area contributed by atoms with Gasteiger partial charge in [0.1, 0.15) is 13.2 Å². The number of likely N-dealkylation sites (N-methyl/N-ethyl adjacent to an activating group) is 2. The first-order chi connectivity index (χ1) is 43.3. The molecule has 0 aliphatic carbocycles. The van der Waals surface area contributed by atoms with Gasteiger partial charge in [-0.2, -0.15) is 10.5 Å². The van der Waals surface area contributed by atoms with Crippen molar-refractivity contribution in [2.24, 2.45) is 11.8 Å². The summed E-state index contributed by atoms with van der Waals surface area (Å²) in [5.74, 6) is -4.69. The van der Waals surface area contributed by atoms with E-state index in [2.05, 4.69) is 42.2 Å². The number of hydrogen-bond acceptors (Lipinski definition) is 24. The highest BCUT2D eigenvalue weighted by Crippen LogP contribution is 2.38. The number of nitrogens with zero attached hydrogens (tertiary/aromatic N) is 6. The molecule has 6 atom stereocenters. The molecule has 0 aromatic heterocycles. The van der Waals surface area contributed by atoms with Crippen molar-refractivity contribution >= 4 is 23.8 Å². The smallest absolute Gasteiger partial charge is 0.421 e. The lowest BCUT2D eigenvalue weighted by atomic mass is 9.92. The number of methoxy groups -OCH3 is 6. The third-order valence-corrected chi connectivity index (χ3v) is 14.5. The van der Waals surface area contributed by atoms with E-state index in [1.54, 1.807) is 52.7 Å². The Labute approximate surface area is 534 Å². The Morgan fingerprint density at radius 1 is 0.500 bits per heavy atom. The average Bonchev–Trinajstić information content (AvgIpc) is 0.906. The summed E-state index contributed by atoms with van der Waals surface area (Å²) >= 11 is 0. The number of rotatable bonds is 42. The summed E-state index contributed by atoms with van der Waals surface area (Å²) in [7, 11) is 12.7. The van der Waals surface area contributed by atoms with Crippen LogP contribution in [0.2, 0.25) is 0 Å². The zero-order valence-corrected chi connectivity index (χ0v) is 53.6. The normalized spacial score (nSPS) is 12.6. The molecule has 6 N–H and O–H groups in total. The lowest BCUT2D eigenvalue weighted by molar-refractivity contribution is -0.757. The van der Waals surface area contributed by atoms with E-state index in [0.29, 0.717) is 98.6 Å². The van der Waals surface area contributed by atoms with Gasteiger partial charge in [0.05, 0.1) is 54.8 Å². The van der Waals surface area contributed by atoms with Crippen molar-refractivity contribution < 1.29 is 97.3 Å². The monoisotopic (exact) mass is 1290 g/mol. The zero-order chi connectivity index (χ0) is 66.1. The minimum absolute atomic E-state index is 0. The Morgan fingerprint density at radius 3 is 1.15 bits per heavy atom. The lowest BCUT2D eigenvalue weighted by Crippen LogP contribution is -2.46. The van der Waals surface area contributed by atoms with Gasteiger partial charge < -0.3 is 78.6 Å². The van der Waals surface area contributed by atoms with Crippen LogP contribution in [0.5, 0.6) is 46.0 Å². The van der Waals surface area contributed by atoms with Crippen molar-refractivity contribution in [1.82, 2.24) is 20.4 Å². The van der Waals surface area contributed by atoms with Gasteiger partial charge in [0.2, 0.25) is 0 Å². The molecule has 6 unspecified atom stereocenters. The molecule has 0 radical (unpaired) electrons. The minimum atomic E-state index is -2.35. The second-order valence-corrected chi connectivity index (χ2v) is 20.5. The largest absolute Gasteiger partial charge is 0.493 e. The topological polar surface area (TPSA) is 406 Å². The third kappa shape index (κ3) is 25.0. The summed E-state index contributed by atoms with van der Waals surface area (Å²) < 4.78 is 55.8. The Kier molecular flexibility index (Phi) is 35.5. The summed E-state index contributed by atoms with van der Waals surface area (Å²) in [6.45, 7) is 2.81. The van der Waals surface area contributed by atoms with E-state index < -0.39 is 72.8 Å².